The smallest absolute Gasteiger partial charge is 0.351 e. The number of fused-ring (bicyclic) bond motifs is 1. The number of benzene rings is 1. The Morgan fingerprint density at radius 1 is 1.06 bits per heavy atom. The number of carbonyl (C=O) groups excluding carboxylic acids is 2. The molecule has 0 unspecified atom stereocenters. The molecule has 8 nitrogen and oxygen atoms in total. The lowest BCUT2D eigenvalue weighted by molar-refractivity contribution is -0.896. The summed E-state index contributed by atoms with van der Waals surface area (Å²) in [6, 6.07) is 8.22. The Morgan fingerprint density at radius 3 is 2.33 bits per heavy atom. The van der Waals surface area contributed by atoms with Gasteiger partial charge < -0.3 is 25.2 Å². The number of carbonyl (C=O) groups is 3. The van der Waals surface area contributed by atoms with Gasteiger partial charge in [0.25, 0.3) is 5.91 Å². The van der Waals surface area contributed by atoms with Gasteiger partial charge in [0, 0.05) is 11.1 Å². The Morgan fingerprint density at radius 2 is 1.73 bits per heavy atom. The number of amides is 1. The molecule has 3 rings (SSSR count). The molecule has 1 aliphatic heterocycles. The molecule has 180 valence electrons. The summed E-state index contributed by atoms with van der Waals surface area (Å²) < 4.78 is 0. The lowest BCUT2D eigenvalue weighted by Crippen LogP contribution is -3.13. The van der Waals surface area contributed by atoms with Crippen LogP contribution in [0.1, 0.15) is 63.6 Å². The van der Waals surface area contributed by atoms with Crippen molar-refractivity contribution in [2.45, 2.75) is 65.2 Å². The number of piperidine rings is 1. The van der Waals surface area contributed by atoms with Gasteiger partial charge in [0.15, 0.2) is 12.5 Å². The van der Waals surface area contributed by atoms with E-state index < -0.39 is 11.9 Å². The Kier molecular flexibility index (Phi) is 10.8. The summed E-state index contributed by atoms with van der Waals surface area (Å²) in [7, 11) is 0. The van der Waals surface area contributed by atoms with E-state index in [2.05, 4.69) is 31.3 Å². The van der Waals surface area contributed by atoms with Gasteiger partial charge in [0.1, 0.15) is 0 Å². The molecule has 1 aliphatic rings. The number of para-hydroxylation sites is 1. The van der Waals surface area contributed by atoms with Gasteiger partial charge in [-0.15, -0.1) is 0 Å². The first-order valence-electron chi connectivity index (χ1n) is 11.9. The van der Waals surface area contributed by atoms with Crippen LogP contribution < -0.4 is 15.3 Å². The lowest BCUT2D eigenvalue weighted by Gasteiger charge is -2.23. The van der Waals surface area contributed by atoms with E-state index in [4.69, 9.17) is 24.8 Å². The molecule has 0 saturated carbocycles. The Bertz CT molecular complexity index is 942. The zero-order valence-electron chi connectivity index (χ0n) is 19.6. The van der Waals surface area contributed by atoms with Crippen molar-refractivity contribution < 1.29 is 29.5 Å². The molecule has 33 heavy (non-hydrogen) atoms. The number of likely N-dealkylation sites (tertiary alicyclic amines) is 1. The van der Waals surface area contributed by atoms with Crippen LogP contribution >= 0.6 is 0 Å². The highest BCUT2D eigenvalue weighted by Crippen LogP contribution is 2.30. The summed E-state index contributed by atoms with van der Waals surface area (Å²) in [4.78, 5) is 37.3. The number of nitrogens with zero attached hydrogens (tertiary/aromatic N) is 1. The molecule has 1 aromatic carbocycles. The van der Waals surface area contributed by atoms with Crippen molar-refractivity contribution >= 4 is 34.4 Å². The summed E-state index contributed by atoms with van der Waals surface area (Å²) in [5, 5.41) is 20.7. The molecule has 0 spiro atoms. The Labute approximate surface area is 195 Å². The first kappa shape index (κ1) is 26.3. The fourth-order valence-electron chi connectivity index (χ4n) is 4.15. The second kappa shape index (κ2) is 13.5. The van der Waals surface area contributed by atoms with Crippen LogP contribution in [0.15, 0.2) is 24.3 Å². The van der Waals surface area contributed by atoms with Crippen molar-refractivity contribution in [1.29, 1.82) is 0 Å². The van der Waals surface area contributed by atoms with Gasteiger partial charge >= 0.3 is 5.97 Å². The van der Waals surface area contributed by atoms with Gasteiger partial charge in [-0.25, -0.2) is 4.79 Å². The zero-order valence-corrected chi connectivity index (χ0v) is 19.6. The minimum atomic E-state index is -2.07. The molecular weight excluding hydrogens is 422 g/mol. The van der Waals surface area contributed by atoms with E-state index in [1.807, 2.05) is 12.1 Å². The van der Waals surface area contributed by atoms with Gasteiger partial charge in [-0.1, -0.05) is 44.9 Å². The van der Waals surface area contributed by atoms with Crippen LogP contribution in [0.2, 0.25) is 0 Å². The van der Waals surface area contributed by atoms with Crippen molar-refractivity contribution in [2.24, 2.45) is 0 Å². The highest BCUT2D eigenvalue weighted by molar-refractivity contribution is 6.26. The molecule has 3 N–H and O–H groups in total. The van der Waals surface area contributed by atoms with Gasteiger partial charge in [-0.05, 0) is 50.2 Å². The third-order valence-electron chi connectivity index (χ3n) is 5.76. The zero-order chi connectivity index (χ0) is 24.2. The molecule has 1 saturated heterocycles. The summed E-state index contributed by atoms with van der Waals surface area (Å²) in [5.74, 6) is -3.87. The summed E-state index contributed by atoms with van der Waals surface area (Å²) in [5.41, 5.74) is 4.41. The minimum absolute atomic E-state index is 0.141. The number of aliphatic carboxylic acids is 2. The number of nitrogens with one attached hydrogen (secondary N) is 2. The van der Waals surface area contributed by atoms with Crippen molar-refractivity contribution in [3.8, 4) is 0 Å². The van der Waals surface area contributed by atoms with E-state index in [-0.39, 0.29) is 5.91 Å². The van der Waals surface area contributed by atoms with Crippen molar-refractivity contribution in [3.05, 3.63) is 35.5 Å². The number of unbranched alkanes of at least 4 members (excludes halogenated alkanes) is 1. The number of carboxylic acids is 2. The number of aromatic nitrogens is 1. The van der Waals surface area contributed by atoms with E-state index in [0.717, 1.165) is 67.5 Å². The molecule has 2 heterocycles. The lowest BCUT2D eigenvalue weighted by atomic mass is 9.98. The largest absolute Gasteiger partial charge is 0.539 e. The Balaban J connectivity index is 0.000000569. The molecule has 0 aliphatic carbocycles. The first-order valence-corrected chi connectivity index (χ1v) is 11.9. The average molecular weight is 458 g/mol. The normalized spacial score (nSPS) is 13.8. The summed E-state index contributed by atoms with van der Waals surface area (Å²) in [6.07, 6.45) is 9.07. The van der Waals surface area contributed by atoms with Crippen LogP contribution in [0.5, 0.6) is 0 Å². The van der Waals surface area contributed by atoms with E-state index in [1.165, 1.54) is 29.7 Å². The highest BCUT2D eigenvalue weighted by atomic mass is 16.4. The van der Waals surface area contributed by atoms with E-state index in [0.29, 0.717) is 6.54 Å². The highest BCUT2D eigenvalue weighted by Gasteiger charge is 2.20. The second-order valence-corrected chi connectivity index (χ2v) is 8.41. The first-order chi connectivity index (χ1) is 15.9. The van der Waals surface area contributed by atoms with Gasteiger partial charge in [-0.2, -0.15) is 0 Å². The van der Waals surface area contributed by atoms with Crippen LogP contribution in [0, 0.1) is 0 Å². The maximum Gasteiger partial charge on any atom is 0.351 e. The molecule has 0 bridgehead atoms. The summed E-state index contributed by atoms with van der Waals surface area (Å²) in [6.45, 7) is 7.22. The number of anilines is 1. The van der Waals surface area contributed by atoms with Crippen LogP contribution in [-0.2, 0) is 27.2 Å². The quantitative estimate of drug-likeness (QED) is 0.514. The third kappa shape index (κ3) is 8.13. The van der Waals surface area contributed by atoms with Crippen LogP contribution in [0.3, 0.4) is 0 Å². The molecule has 1 aromatic heterocycles. The van der Waals surface area contributed by atoms with Crippen LogP contribution in [0.25, 0.3) is 10.9 Å². The van der Waals surface area contributed by atoms with Gasteiger partial charge in [0.2, 0.25) is 0 Å². The molecule has 0 radical (unpaired) electrons. The maximum atomic E-state index is 12.9. The third-order valence-corrected chi connectivity index (χ3v) is 5.76. The fraction of sp³-hybridized carbons (Fsp3) is 0.520. The predicted molar refractivity (Wildman–Crippen MR) is 125 cm³/mol. The topological polar surface area (TPSA) is 124 Å². The van der Waals surface area contributed by atoms with E-state index in [1.54, 1.807) is 0 Å². The molecule has 2 aromatic rings. The van der Waals surface area contributed by atoms with Crippen molar-refractivity contribution in [2.75, 3.05) is 25.0 Å². The van der Waals surface area contributed by atoms with E-state index in [9.17, 15) is 4.79 Å². The van der Waals surface area contributed by atoms with Crippen LogP contribution in [0.4, 0.5) is 5.69 Å². The molecule has 0 atom stereocenters. The fourth-order valence-corrected chi connectivity index (χ4v) is 4.15. The predicted octanol–water partition coefficient (Wildman–Crippen LogP) is 1.36. The SMILES string of the molecule is CCCCc1nc2ccccc2c(NC(=O)C[NH+]2CCCCC2)c1CCC.O=C([O-])C(=O)O. The van der Waals surface area contributed by atoms with Crippen molar-refractivity contribution in [1.82, 2.24) is 4.98 Å². The number of quaternary nitrogens is 1. The number of hydrogen-bond donors (Lipinski definition) is 3. The second-order valence-electron chi connectivity index (χ2n) is 8.41. The number of pyridine rings is 1. The monoisotopic (exact) mass is 457 g/mol. The van der Waals surface area contributed by atoms with Crippen LogP contribution in [-0.4, -0.2) is 47.6 Å². The van der Waals surface area contributed by atoms with Crippen molar-refractivity contribution in [3.63, 3.8) is 0 Å². The molecule has 1 fully saturated rings. The number of rotatable bonds is 8. The summed E-state index contributed by atoms with van der Waals surface area (Å²) >= 11 is 0. The Hall–Kier alpha value is -3.00. The molecule has 8 heteroatoms. The number of aryl methyl sites for hydroxylation is 1. The molecular formula is C25H35N3O5. The van der Waals surface area contributed by atoms with E-state index >= 15 is 0 Å². The molecule has 1 amide bonds. The standard InChI is InChI=1S/C23H33N3O.C2H2O4/c1-3-5-13-20-18(11-4-2)23(19-12-7-8-14-21(19)24-20)25-22(27)17-26-15-9-6-10-16-26;3-1(4)2(5)6/h7-8,12,14H,3-6,9-11,13,15-17H2,1-2H3,(H,24,25,27);(H,3,4)(H,5,6). The minimum Gasteiger partial charge on any atom is -0.539 e. The number of hydrogen-bond acceptors (Lipinski definition) is 5. The maximum absolute atomic E-state index is 12.9. The van der Waals surface area contributed by atoms with Gasteiger partial charge in [-0.3, -0.25) is 9.78 Å². The number of carboxylic acid groups (broad SMARTS) is 2. The average Bonchev–Trinajstić information content (AvgIpc) is 2.80. The van der Waals surface area contributed by atoms with Gasteiger partial charge in [0.05, 0.1) is 24.3 Å².